The Morgan fingerprint density at radius 3 is 2.40 bits per heavy atom. The second-order valence-electron chi connectivity index (χ2n) is 4.80. The molecule has 2 unspecified atom stereocenters. The quantitative estimate of drug-likeness (QED) is 0.794. The lowest BCUT2D eigenvalue weighted by atomic mass is 9.93. The van der Waals surface area contributed by atoms with Crippen molar-refractivity contribution in [2.45, 2.75) is 32.0 Å². The highest BCUT2D eigenvalue weighted by Gasteiger charge is 2.42. The van der Waals surface area contributed by atoms with Crippen molar-refractivity contribution in [2.75, 3.05) is 26.7 Å². The van der Waals surface area contributed by atoms with Gasteiger partial charge in [0.2, 0.25) is 11.8 Å². The van der Waals surface area contributed by atoms with Gasteiger partial charge in [0.15, 0.2) is 0 Å². The minimum absolute atomic E-state index is 0.0650. The van der Waals surface area contributed by atoms with Crippen LogP contribution in [0.5, 0.6) is 0 Å². The Morgan fingerprint density at radius 1 is 1.35 bits per heavy atom. The molecule has 2 atom stereocenters. The van der Waals surface area contributed by atoms with E-state index < -0.39 is 18.1 Å². The number of alkyl halides is 3. The maximum absolute atomic E-state index is 12.5. The van der Waals surface area contributed by atoms with Gasteiger partial charge in [0.05, 0.1) is 18.5 Å². The summed E-state index contributed by atoms with van der Waals surface area (Å²) >= 11 is 0. The number of nitrogens with one attached hydrogen (secondary N) is 2. The van der Waals surface area contributed by atoms with Crippen LogP contribution in [0.4, 0.5) is 13.2 Å². The van der Waals surface area contributed by atoms with Crippen LogP contribution >= 0.6 is 0 Å². The SMILES string of the molecule is CCN(CC(=O)NC)C(=O)C1CCC(C(F)(F)F)CN1. The molecule has 0 bridgehead atoms. The number of piperidine rings is 1. The third kappa shape index (κ3) is 4.36. The van der Waals surface area contributed by atoms with Crippen molar-refractivity contribution in [2.24, 2.45) is 5.92 Å². The van der Waals surface area contributed by atoms with Crippen LogP contribution in [-0.4, -0.2) is 55.6 Å². The van der Waals surface area contributed by atoms with Gasteiger partial charge in [-0.25, -0.2) is 0 Å². The van der Waals surface area contributed by atoms with E-state index in [4.69, 9.17) is 0 Å². The fourth-order valence-electron chi connectivity index (χ4n) is 2.17. The molecule has 1 fully saturated rings. The first kappa shape index (κ1) is 16.7. The van der Waals surface area contributed by atoms with E-state index in [2.05, 4.69) is 10.6 Å². The Kier molecular flexibility index (Phi) is 5.79. The largest absolute Gasteiger partial charge is 0.393 e. The molecule has 2 amide bonds. The molecule has 116 valence electrons. The average Bonchev–Trinajstić information content (AvgIpc) is 2.42. The maximum Gasteiger partial charge on any atom is 0.393 e. The van der Waals surface area contributed by atoms with Crippen LogP contribution in [0.3, 0.4) is 0 Å². The first-order valence-corrected chi connectivity index (χ1v) is 6.59. The first-order chi connectivity index (χ1) is 9.29. The molecule has 5 nitrogen and oxygen atoms in total. The van der Waals surface area contributed by atoms with Crippen molar-refractivity contribution in [3.8, 4) is 0 Å². The topological polar surface area (TPSA) is 61.4 Å². The fourth-order valence-corrected chi connectivity index (χ4v) is 2.17. The zero-order valence-electron chi connectivity index (χ0n) is 11.6. The molecule has 20 heavy (non-hydrogen) atoms. The molecule has 0 saturated carbocycles. The molecule has 0 aliphatic carbocycles. The van der Waals surface area contributed by atoms with E-state index in [0.29, 0.717) is 6.54 Å². The molecule has 8 heteroatoms. The molecular formula is C12H20F3N3O2. The van der Waals surface area contributed by atoms with Crippen LogP contribution in [0.25, 0.3) is 0 Å². The number of carbonyl (C=O) groups excluding carboxylic acids is 2. The van der Waals surface area contributed by atoms with E-state index in [9.17, 15) is 22.8 Å². The van der Waals surface area contributed by atoms with Gasteiger partial charge in [-0.15, -0.1) is 0 Å². The number of nitrogens with zero attached hydrogens (tertiary/aromatic N) is 1. The van der Waals surface area contributed by atoms with E-state index in [1.165, 1.54) is 11.9 Å². The number of halogens is 3. The summed E-state index contributed by atoms with van der Waals surface area (Å²) in [6, 6.07) is -0.641. The van der Waals surface area contributed by atoms with Crippen molar-refractivity contribution >= 4 is 11.8 Å². The molecule has 1 aliphatic heterocycles. The van der Waals surface area contributed by atoms with Crippen molar-refractivity contribution in [3.05, 3.63) is 0 Å². The zero-order valence-corrected chi connectivity index (χ0v) is 11.6. The number of amides is 2. The number of likely N-dealkylation sites (N-methyl/N-ethyl adjacent to an activating group) is 2. The van der Waals surface area contributed by atoms with E-state index in [0.717, 1.165) is 0 Å². The van der Waals surface area contributed by atoms with Gasteiger partial charge in [-0.2, -0.15) is 13.2 Å². The second-order valence-corrected chi connectivity index (χ2v) is 4.80. The molecule has 2 N–H and O–H groups in total. The Balaban J connectivity index is 2.54. The third-order valence-corrected chi connectivity index (χ3v) is 3.48. The average molecular weight is 295 g/mol. The van der Waals surface area contributed by atoms with Gasteiger partial charge in [-0.1, -0.05) is 0 Å². The van der Waals surface area contributed by atoms with Crippen LogP contribution in [0.2, 0.25) is 0 Å². The summed E-state index contributed by atoms with van der Waals surface area (Å²) in [4.78, 5) is 24.8. The van der Waals surface area contributed by atoms with Crippen LogP contribution in [0, 0.1) is 5.92 Å². The highest BCUT2D eigenvalue weighted by atomic mass is 19.4. The van der Waals surface area contributed by atoms with E-state index >= 15 is 0 Å². The van der Waals surface area contributed by atoms with Crippen LogP contribution in [0.1, 0.15) is 19.8 Å². The predicted molar refractivity (Wildman–Crippen MR) is 66.9 cm³/mol. The molecule has 1 rings (SSSR count). The molecule has 1 aliphatic rings. The van der Waals surface area contributed by atoms with Crippen molar-refractivity contribution in [3.63, 3.8) is 0 Å². The standard InChI is InChI=1S/C12H20F3N3O2/c1-3-18(7-10(19)16-2)11(20)9-5-4-8(6-17-9)12(13,14)15/h8-9,17H,3-7H2,1-2H3,(H,16,19). The zero-order chi connectivity index (χ0) is 15.3. The molecule has 1 saturated heterocycles. The van der Waals surface area contributed by atoms with Gasteiger partial charge < -0.3 is 15.5 Å². The lowest BCUT2D eigenvalue weighted by Gasteiger charge is -2.33. The molecule has 0 radical (unpaired) electrons. The highest BCUT2D eigenvalue weighted by Crippen LogP contribution is 2.32. The summed E-state index contributed by atoms with van der Waals surface area (Å²) in [5.74, 6) is -2.03. The van der Waals surface area contributed by atoms with Crippen LogP contribution in [-0.2, 0) is 9.59 Å². The fraction of sp³-hybridized carbons (Fsp3) is 0.833. The minimum atomic E-state index is -4.23. The monoisotopic (exact) mass is 295 g/mol. The maximum atomic E-state index is 12.5. The van der Waals surface area contributed by atoms with Gasteiger partial charge >= 0.3 is 6.18 Å². The third-order valence-electron chi connectivity index (χ3n) is 3.48. The molecule has 1 heterocycles. The number of hydrogen-bond donors (Lipinski definition) is 2. The van der Waals surface area contributed by atoms with E-state index in [-0.39, 0.29) is 37.7 Å². The van der Waals surface area contributed by atoms with Gasteiger partial charge in [0.25, 0.3) is 0 Å². The lowest BCUT2D eigenvalue weighted by molar-refractivity contribution is -0.180. The Labute approximate surface area is 115 Å². The van der Waals surface area contributed by atoms with Gasteiger partial charge in [-0.05, 0) is 19.8 Å². The number of carbonyl (C=O) groups is 2. The van der Waals surface area contributed by atoms with Crippen LogP contribution < -0.4 is 10.6 Å². The summed E-state index contributed by atoms with van der Waals surface area (Å²) in [5.41, 5.74) is 0. The van der Waals surface area contributed by atoms with Crippen molar-refractivity contribution in [1.29, 1.82) is 0 Å². The highest BCUT2D eigenvalue weighted by molar-refractivity contribution is 5.87. The Morgan fingerprint density at radius 2 is 2.00 bits per heavy atom. The summed E-state index contributed by atoms with van der Waals surface area (Å²) in [5, 5.41) is 5.05. The van der Waals surface area contributed by atoms with Crippen LogP contribution in [0.15, 0.2) is 0 Å². The normalized spacial score (nSPS) is 23.2. The molecule has 0 aromatic carbocycles. The second kappa shape index (κ2) is 6.92. The number of rotatable bonds is 4. The smallest absolute Gasteiger partial charge is 0.358 e. The minimum Gasteiger partial charge on any atom is -0.358 e. The van der Waals surface area contributed by atoms with Gasteiger partial charge in [-0.3, -0.25) is 9.59 Å². The summed E-state index contributed by atoms with van der Waals surface area (Å²) in [6.07, 6.45) is -4.16. The molecule has 0 aromatic heterocycles. The van der Waals surface area contributed by atoms with Gasteiger partial charge in [0, 0.05) is 20.1 Å². The van der Waals surface area contributed by atoms with Crippen molar-refractivity contribution < 1.29 is 22.8 Å². The van der Waals surface area contributed by atoms with Gasteiger partial charge in [0.1, 0.15) is 0 Å². The summed E-state index contributed by atoms with van der Waals surface area (Å²) in [7, 11) is 1.47. The Bertz CT molecular complexity index is 352. The number of hydrogen-bond acceptors (Lipinski definition) is 3. The predicted octanol–water partition coefficient (Wildman–Crippen LogP) is 0.511. The molecule has 0 aromatic rings. The lowest BCUT2D eigenvalue weighted by Crippen LogP contribution is -2.53. The van der Waals surface area contributed by atoms with Crippen molar-refractivity contribution in [1.82, 2.24) is 15.5 Å². The molecular weight excluding hydrogens is 275 g/mol. The first-order valence-electron chi connectivity index (χ1n) is 6.59. The summed E-state index contributed by atoms with van der Waals surface area (Å²) in [6.45, 7) is 1.74. The Hall–Kier alpha value is -1.31. The summed E-state index contributed by atoms with van der Waals surface area (Å²) < 4.78 is 37.6. The van der Waals surface area contributed by atoms with E-state index in [1.807, 2.05) is 0 Å². The molecule has 0 spiro atoms. The van der Waals surface area contributed by atoms with E-state index in [1.54, 1.807) is 6.92 Å².